The fourth-order valence-corrected chi connectivity index (χ4v) is 2.67. The molecule has 0 aromatic carbocycles. The van der Waals surface area contributed by atoms with Crippen LogP contribution in [0.15, 0.2) is 4.34 Å². The third kappa shape index (κ3) is 2.16. The lowest BCUT2D eigenvalue weighted by molar-refractivity contribution is 0.0428. The van der Waals surface area contributed by atoms with Crippen LogP contribution in [-0.4, -0.2) is 30.0 Å². The number of nitrogens with two attached hydrogens (primary N) is 1. The number of hydrogen-bond acceptors (Lipinski definition) is 6. The molecule has 1 aliphatic rings. The highest BCUT2D eigenvalue weighted by Gasteiger charge is 2.45. The molecule has 16 heavy (non-hydrogen) atoms. The first-order valence-corrected chi connectivity index (χ1v) is 6.82. The van der Waals surface area contributed by atoms with Gasteiger partial charge < -0.3 is 15.8 Å². The number of thioether (sulfide) groups is 1. The number of nitrogen functional groups attached to an aromatic ring is 1. The highest BCUT2D eigenvalue weighted by molar-refractivity contribution is 8.00. The number of methoxy groups -OCH3 is 1. The molecule has 88 valence electrons. The molecular formula is C9H13N3O2S2. The summed E-state index contributed by atoms with van der Waals surface area (Å²) in [5, 5.41) is 3.26. The number of ether oxygens (including phenoxy) is 1. The topological polar surface area (TPSA) is 77.2 Å². The van der Waals surface area contributed by atoms with Gasteiger partial charge in [0, 0.05) is 7.11 Å². The van der Waals surface area contributed by atoms with E-state index in [9.17, 15) is 4.79 Å². The van der Waals surface area contributed by atoms with Crippen LogP contribution < -0.4 is 11.1 Å². The van der Waals surface area contributed by atoms with Crippen LogP contribution in [-0.2, 0) is 4.74 Å². The first kappa shape index (κ1) is 11.7. The van der Waals surface area contributed by atoms with E-state index in [1.54, 1.807) is 7.11 Å². The van der Waals surface area contributed by atoms with Gasteiger partial charge in [0.05, 0.1) is 0 Å². The minimum Gasteiger partial charge on any atom is -0.389 e. The molecule has 0 unspecified atom stereocenters. The molecule has 1 aromatic heterocycles. The number of rotatable bonds is 4. The molecule has 2 rings (SSSR count). The lowest BCUT2D eigenvalue weighted by Crippen LogP contribution is -2.38. The monoisotopic (exact) mass is 259 g/mol. The van der Waals surface area contributed by atoms with Crippen molar-refractivity contribution < 1.29 is 9.53 Å². The van der Waals surface area contributed by atoms with Gasteiger partial charge in [0.1, 0.15) is 10.7 Å². The Kier molecular flexibility index (Phi) is 3.09. The Morgan fingerprint density at radius 3 is 2.81 bits per heavy atom. The highest BCUT2D eigenvalue weighted by Crippen LogP contribution is 2.36. The summed E-state index contributed by atoms with van der Waals surface area (Å²) in [4.78, 5) is 16.0. The zero-order valence-electron chi connectivity index (χ0n) is 9.07. The van der Waals surface area contributed by atoms with Crippen molar-refractivity contribution in [2.45, 2.75) is 22.9 Å². The molecule has 1 heterocycles. The molecule has 1 saturated carbocycles. The summed E-state index contributed by atoms with van der Waals surface area (Å²) in [6.45, 7) is 0. The van der Waals surface area contributed by atoms with Crippen LogP contribution in [0, 0.1) is 0 Å². The van der Waals surface area contributed by atoms with Gasteiger partial charge in [0.25, 0.3) is 5.91 Å². The van der Waals surface area contributed by atoms with Crippen LogP contribution in [0.1, 0.15) is 23.3 Å². The molecule has 1 aromatic rings. The van der Waals surface area contributed by atoms with Gasteiger partial charge in [-0.1, -0.05) is 23.1 Å². The number of amides is 1. The Hall–Kier alpha value is -0.790. The molecule has 7 heteroatoms. The van der Waals surface area contributed by atoms with Crippen molar-refractivity contribution >= 4 is 34.0 Å². The summed E-state index contributed by atoms with van der Waals surface area (Å²) in [6.07, 6.45) is 3.58. The minimum absolute atomic E-state index is 0.256. The van der Waals surface area contributed by atoms with Gasteiger partial charge in [-0.25, -0.2) is 4.98 Å². The van der Waals surface area contributed by atoms with Crippen LogP contribution in [0.5, 0.6) is 0 Å². The Morgan fingerprint density at radius 2 is 2.38 bits per heavy atom. The van der Waals surface area contributed by atoms with E-state index in [-0.39, 0.29) is 5.91 Å². The molecule has 0 radical (unpaired) electrons. The van der Waals surface area contributed by atoms with Crippen molar-refractivity contribution in [1.82, 2.24) is 10.3 Å². The van der Waals surface area contributed by atoms with Crippen molar-refractivity contribution in [3.8, 4) is 0 Å². The quantitative estimate of drug-likeness (QED) is 0.630. The second-order valence-electron chi connectivity index (χ2n) is 3.55. The van der Waals surface area contributed by atoms with Crippen LogP contribution in [0.2, 0.25) is 0 Å². The van der Waals surface area contributed by atoms with Crippen LogP contribution in [0.25, 0.3) is 0 Å². The molecule has 3 N–H and O–H groups in total. The average Bonchev–Trinajstić information content (AvgIpc) is 2.94. The molecule has 0 atom stereocenters. The Balaban J connectivity index is 2.11. The van der Waals surface area contributed by atoms with E-state index >= 15 is 0 Å². The van der Waals surface area contributed by atoms with Gasteiger partial charge in [0.2, 0.25) is 0 Å². The fraction of sp³-hybridized carbons (Fsp3) is 0.556. The van der Waals surface area contributed by atoms with Gasteiger partial charge in [-0.05, 0) is 19.1 Å². The average molecular weight is 259 g/mol. The predicted molar refractivity (Wildman–Crippen MR) is 64.7 cm³/mol. The Bertz CT molecular complexity index is 415. The molecule has 5 nitrogen and oxygen atoms in total. The summed E-state index contributed by atoms with van der Waals surface area (Å²) >= 11 is 2.80. The molecule has 1 fully saturated rings. The van der Waals surface area contributed by atoms with Crippen molar-refractivity contribution in [3.05, 3.63) is 5.69 Å². The Labute approximate surface area is 102 Å². The summed E-state index contributed by atoms with van der Waals surface area (Å²) in [5.74, 6) is -0.256. The Morgan fingerprint density at radius 1 is 1.69 bits per heavy atom. The predicted octanol–water partition coefficient (Wildman–Crippen LogP) is 1.31. The zero-order valence-corrected chi connectivity index (χ0v) is 10.7. The normalized spacial score (nSPS) is 17.1. The van der Waals surface area contributed by atoms with E-state index in [0.717, 1.165) is 17.2 Å². The van der Waals surface area contributed by atoms with Crippen LogP contribution in [0.4, 0.5) is 5.00 Å². The lowest BCUT2D eigenvalue weighted by Gasteiger charge is -2.14. The smallest absolute Gasteiger partial charge is 0.275 e. The van der Waals surface area contributed by atoms with Gasteiger partial charge in [-0.15, -0.1) is 0 Å². The summed E-state index contributed by atoms with van der Waals surface area (Å²) in [6, 6.07) is 0. The molecule has 0 spiro atoms. The van der Waals surface area contributed by atoms with Gasteiger partial charge in [0.15, 0.2) is 10.0 Å². The molecule has 0 bridgehead atoms. The van der Waals surface area contributed by atoms with Crippen LogP contribution >= 0.6 is 23.1 Å². The number of hydrogen-bond donors (Lipinski definition) is 2. The molecule has 0 aliphatic heterocycles. The van der Waals surface area contributed by atoms with Gasteiger partial charge in [-0.2, -0.15) is 0 Å². The highest BCUT2D eigenvalue weighted by atomic mass is 32.2. The third-order valence-corrected chi connectivity index (χ3v) is 4.33. The number of carbonyl (C=O) groups is 1. The number of nitrogens with one attached hydrogen (secondary N) is 1. The summed E-state index contributed by atoms with van der Waals surface area (Å²) < 4.78 is 6.01. The van der Waals surface area contributed by atoms with Crippen molar-refractivity contribution in [1.29, 1.82) is 0 Å². The largest absolute Gasteiger partial charge is 0.389 e. The van der Waals surface area contributed by atoms with Crippen LogP contribution in [0.3, 0.4) is 0 Å². The summed E-state index contributed by atoms with van der Waals surface area (Å²) in [7, 11) is 1.59. The first-order valence-electron chi connectivity index (χ1n) is 4.78. The molecule has 1 aliphatic carbocycles. The standard InChI is InChI=1S/C9H13N3O2S2/c1-14-9(3-4-9)12-7(13)5-6(10)16-8(11-5)15-2/h3-4,10H2,1-2H3,(H,12,13). The number of anilines is 1. The second kappa shape index (κ2) is 4.23. The maximum absolute atomic E-state index is 11.9. The number of thiazole rings is 1. The molecule has 1 amide bonds. The molecule has 0 saturated heterocycles. The second-order valence-corrected chi connectivity index (χ2v) is 5.63. The van der Waals surface area contributed by atoms with Crippen molar-refractivity contribution in [2.24, 2.45) is 0 Å². The minimum atomic E-state index is -0.480. The van der Waals surface area contributed by atoms with E-state index in [0.29, 0.717) is 10.7 Å². The van der Waals surface area contributed by atoms with Crippen molar-refractivity contribution in [3.63, 3.8) is 0 Å². The molecular weight excluding hydrogens is 246 g/mol. The van der Waals surface area contributed by atoms with Crippen molar-refractivity contribution in [2.75, 3.05) is 19.1 Å². The zero-order chi connectivity index (χ0) is 11.8. The van der Waals surface area contributed by atoms with E-state index in [1.807, 2.05) is 6.26 Å². The fourth-order valence-electron chi connectivity index (χ4n) is 1.32. The van der Waals surface area contributed by atoms with Gasteiger partial charge >= 0.3 is 0 Å². The maximum atomic E-state index is 11.9. The first-order chi connectivity index (χ1) is 7.60. The van der Waals surface area contributed by atoms with E-state index in [1.165, 1.54) is 23.1 Å². The third-order valence-electron chi connectivity index (χ3n) is 2.46. The maximum Gasteiger partial charge on any atom is 0.275 e. The van der Waals surface area contributed by atoms with Gasteiger partial charge in [-0.3, -0.25) is 4.79 Å². The lowest BCUT2D eigenvalue weighted by atomic mass is 10.4. The van der Waals surface area contributed by atoms with E-state index in [4.69, 9.17) is 10.5 Å². The number of carbonyl (C=O) groups excluding carboxylic acids is 1. The SMILES string of the molecule is COC1(NC(=O)c2nc(SC)sc2N)CC1. The summed E-state index contributed by atoms with van der Waals surface area (Å²) in [5.41, 5.74) is 5.56. The number of aromatic nitrogens is 1. The van der Waals surface area contributed by atoms with E-state index < -0.39 is 5.72 Å². The number of nitrogens with zero attached hydrogens (tertiary/aromatic N) is 1. The van der Waals surface area contributed by atoms with E-state index in [2.05, 4.69) is 10.3 Å².